The van der Waals surface area contributed by atoms with Gasteiger partial charge in [-0.25, -0.2) is 13.2 Å². The molecule has 1 aliphatic rings. The van der Waals surface area contributed by atoms with Crippen LogP contribution in [0.15, 0.2) is 40.3 Å². The highest BCUT2D eigenvalue weighted by molar-refractivity contribution is 7.95. The van der Waals surface area contributed by atoms with Crippen LogP contribution in [0, 0.1) is 11.3 Å². The van der Waals surface area contributed by atoms with Gasteiger partial charge in [0.25, 0.3) is 0 Å². The molecule has 1 aromatic rings. The summed E-state index contributed by atoms with van der Waals surface area (Å²) in [5.74, 6) is 0.529. The highest BCUT2D eigenvalue weighted by Gasteiger charge is 2.25. The molecule has 0 unspecified atom stereocenters. The lowest BCUT2D eigenvalue weighted by atomic mass is 10.3. The number of piperazine rings is 1. The number of carbonyl (C=O) groups is 1. The molecule has 9 heteroatoms. The fraction of sp³-hybridized carbons (Fsp3) is 0.412. The first kappa shape index (κ1) is 19.6. The molecule has 1 heterocycles. The van der Waals surface area contributed by atoms with Gasteiger partial charge in [-0.15, -0.1) is 0 Å². The molecule has 8 nitrogen and oxygen atoms in total. The van der Waals surface area contributed by atoms with Crippen LogP contribution < -0.4 is 4.74 Å². The number of benzene rings is 1. The van der Waals surface area contributed by atoms with E-state index in [9.17, 15) is 18.5 Å². The molecule has 1 aliphatic heterocycles. The van der Waals surface area contributed by atoms with Crippen molar-refractivity contribution < 1.29 is 22.7 Å². The van der Waals surface area contributed by atoms with Crippen LogP contribution in [-0.2, 0) is 14.6 Å². The van der Waals surface area contributed by atoms with Gasteiger partial charge in [0.15, 0.2) is 4.91 Å². The normalized spacial score (nSPS) is 15.3. The summed E-state index contributed by atoms with van der Waals surface area (Å²) in [7, 11) is -2.43. The van der Waals surface area contributed by atoms with Crippen molar-refractivity contribution in [1.29, 1.82) is 5.26 Å². The van der Waals surface area contributed by atoms with Crippen molar-refractivity contribution in [3.8, 4) is 11.8 Å². The van der Waals surface area contributed by atoms with E-state index in [1.54, 1.807) is 22.8 Å². The molecule has 0 spiro atoms. The van der Waals surface area contributed by atoms with E-state index in [4.69, 9.17) is 9.47 Å². The fourth-order valence-corrected chi connectivity index (χ4v) is 3.61. The minimum absolute atomic E-state index is 0.0243. The molecule has 1 fully saturated rings. The number of hydrogen-bond acceptors (Lipinski definition) is 7. The smallest absolute Gasteiger partial charge is 0.409 e. The Hall–Kier alpha value is -2.73. The van der Waals surface area contributed by atoms with Crippen LogP contribution in [-0.4, -0.2) is 64.2 Å². The predicted octanol–water partition coefficient (Wildman–Crippen LogP) is 1.61. The monoisotopic (exact) mass is 379 g/mol. The molecular formula is C17H21N3O5S. The number of sulfone groups is 1. The molecule has 0 saturated carbocycles. The number of methoxy groups -OCH3 is 1. The first-order chi connectivity index (χ1) is 12.4. The number of rotatable bonds is 5. The van der Waals surface area contributed by atoms with Crippen LogP contribution in [0.2, 0.25) is 0 Å². The van der Waals surface area contributed by atoms with Gasteiger partial charge in [-0.05, 0) is 31.2 Å². The Morgan fingerprint density at radius 3 is 2.35 bits per heavy atom. The zero-order valence-corrected chi connectivity index (χ0v) is 15.5. The first-order valence-electron chi connectivity index (χ1n) is 8.09. The summed E-state index contributed by atoms with van der Waals surface area (Å²) >= 11 is 0. The number of carbonyl (C=O) groups excluding carboxylic acids is 1. The Bertz CT molecular complexity index is 804. The van der Waals surface area contributed by atoms with Gasteiger partial charge in [0.05, 0.1) is 18.6 Å². The van der Waals surface area contributed by atoms with Gasteiger partial charge in [-0.2, -0.15) is 5.26 Å². The zero-order chi connectivity index (χ0) is 19.2. The minimum atomic E-state index is -3.92. The van der Waals surface area contributed by atoms with Crippen molar-refractivity contribution in [3.05, 3.63) is 35.4 Å². The van der Waals surface area contributed by atoms with Crippen molar-refractivity contribution in [2.24, 2.45) is 0 Å². The third-order valence-electron chi connectivity index (χ3n) is 3.91. The van der Waals surface area contributed by atoms with Crippen molar-refractivity contribution >= 4 is 15.9 Å². The van der Waals surface area contributed by atoms with Crippen molar-refractivity contribution in [1.82, 2.24) is 9.80 Å². The van der Waals surface area contributed by atoms with Gasteiger partial charge in [0.1, 0.15) is 11.8 Å². The molecule has 2 rings (SSSR count). The van der Waals surface area contributed by atoms with E-state index < -0.39 is 9.84 Å². The third-order valence-corrected chi connectivity index (χ3v) is 5.58. The molecule has 1 amide bonds. The van der Waals surface area contributed by atoms with Crippen LogP contribution in [0.25, 0.3) is 0 Å². The number of amides is 1. The molecule has 0 atom stereocenters. The Morgan fingerprint density at radius 1 is 1.23 bits per heavy atom. The molecule has 0 radical (unpaired) electrons. The average Bonchev–Trinajstić information content (AvgIpc) is 2.66. The molecule has 0 aliphatic carbocycles. The highest BCUT2D eigenvalue weighted by atomic mass is 32.2. The lowest BCUT2D eigenvalue weighted by Gasteiger charge is -2.33. The summed E-state index contributed by atoms with van der Waals surface area (Å²) in [5, 5.41) is 9.33. The third kappa shape index (κ3) is 4.46. The highest BCUT2D eigenvalue weighted by Crippen LogP contribution is 2.22. The number of hydrogen-bond donors (Lipinski definition) is 0. The van der Waals surface area contributed by atoms with E-state index in [1.807, 2.05) is 0 Å². The average molecular weight is 379 g/mol. The maximum atomic E-state index is 12.7. The lowest BCUT2D eigenvalue weighted by molar-refractivity contribution is 0.0890. The number of allylic oxidation sites excluding steroid dienone is 1. The quantitative estimate of drug-likeness (QED) is 0.717. The molecule has 0 bridgehead atoms. The Labute approximate surface area is 153 Å². The number of nitrogens with zero attached hydrogens (tertiary/aromatic N) is 3. The van der Waals surface area contributed by atoms with Gasteiger partial charge in [-0.1, -0.05) is 0 Å². The summed E-state index contributed by atoms with van der Waals surface area (Å²) in [6.45, 7) is 3.68. The van der Waals surface area contributed by atoms with E-state index in [2.05, 4.69) is 0 Å². The van der Waals surface area contributed by atoms with Gasteiger partial charge in [-0.3, -0.25) is 0 Å². The second kappa shape index (κ2) is 8.58. The summed E-state index contributed by atoms with van der Waals surface area (Å²) < 4.78 is 35.3. The van der Waals surface area contributed by atoms with Crippen molar-refractivity contribution in [2.45, 2.75) is 11.8 Å². The molecule has 1 saturated heterocycles. The van der Waals surface area contributed by atoms with E-state index in [-0.39, 0.29) is 15.9 Å². The second-order valence-electron chi connectivity index (χ2n) is 5.51. The topological polar surface area (TPSA) is 99.9 Å². The van der Waals surface area contributed by atoms with Crippen LogP contribution in [0.1, 0.15) is 6.92 Å². The summed E-state index contributed by atoms with van der Waals surface area (Å²) in [5.41, 5.74) is 0. The Balaban J connectivity index is 2.12. The lowest BCUT2D eigenvalue weighted by Crippen LogP contribution is -2.47. The summed E-state index contributed by atoms with van der Waals surface area (Å²) in [4.78, 5) is 14.6. The van der Waals surface area contributed by atoms with Gasteiger partial charge in [0, 0.05) is 32.4 Å². The van der Waals surface area contributed by atoms with Crippen LogP contribution >= 0.6 is 0 Å². The fourth-order valence-electron chi connectivity index (χ4n) is 2.45. The van der Waals surface area contributed by atoms with Crippen LogP contribution in [0.4, 0.5) is 4.79 Å². The largest absolute Gasteiger partial charge is 0.497 e. The van der Waals surface area contributed by atoms with E-state index in [1.165, 1.54) is 37.6 Å². The zero-order valence-electron chi connectivity index (χ0n) is 14.7. The predicted molar refractivity (Wildman–Crippen MR) is 94.0 cm³/mol. The molecular weight excluding hydrogens is 358 g/mol. The molecule has 0 N–H and O–H groups in total. The SMILES string of the molecule is CCOC(=O)N1CCN(/C=C(\C#N)S(=O)(=O)c2ccc(OC)cc2)CC1. The van der Waals surface area contributed by atoms with Crippen molar-refractivity contribution in [2.75, 3.05) is 39.9 Å². The number of ether oxygens (including phenoxy) is 2. The van der Waals surface area contributed by atoms with Gasteiger partial charge < -0.3 is 19.3 Å². The Morgan fingerprint density at radius 2 is 1.85 bits per heavy atom. The molecule has 0 aromatic heterocycles. The molecule has 1 aromatic carbocycles. The summed E-state index contributed by atoms with van der Waals surface area (Å²) in [6, 6.07) is 7.62. The van der Waals surface area contributed by atoms with Gasteiger partial charge >= 0.3 is 6.09 Å². The van der Waals surface area contributed by atoms with E-state index in [0.29, 0.717) is 38.5 Å². The Kier molecular flexibility index (Phi) is 6.46. The van der Waals surface area contributed by atoms with Gasteiger partial charge in [0.2, 0.25) is 9.84 Å². The van der Waals surface area contributed by atoms with Crippen molar-refractivity contribution in [3.63, 3.8) is 0 Å². The minimum Gasteiger partial charge on any atom is -0.497 e. The summed E-state index contributed by atoms with van der Waals surface area (Å²) in [6.07, 6.45) is 0.949. The molecule has 140 valence electrons. The first-order valence-corrected chi connectivity index (χ1v) is 9.57. The van der Waals surface area contributed by atoms with Crippen LogP contribution in [0.3, 0.4) is 0 Å². The maximum absolute atomic E-state index is 12.7. The van der Waals surface area contributed by atoms with E-state index in [0.717, 1.165) is 0 Å². The standard InChI is InChI=1S/C17H21N3O5S/c1-3-25-17(21)20-10-8-19(9-11-20)13-16(12-18)26(22,23)15-6-4-14(24-2)5-7-15/h4-7,13H,3,8-11H2,1-2H3/b16-13+. The maximum Gasteiger partial charge on any atom is 0.409 e. The van der Waals surface area contributed by atoms with Crippen LogP contribution in [0.5, 0.6) is 5.75 Å². The number of nitriles is 1. The molecule has 26 heavy (non-hydrogen) atoms. The second-order valence-corrected chi connectivity index (χ2v) is 7.42. The van der Waals surface area contributed by atoms with E-state index >= 15 is 0 Å².